The first-order valence-electron chi connectivity index (χ1n) is 9.76. The van der Waals surface area contributed by atoms with Crippen LogP contribution in [0.5, 0.6) is 11.8 Å². The predicted octanol–water partition coefficient (Wildman–Crippen LogP) is 2.17. The molecule has 0 saturated heterocycles. The Hall–Kier alpha value is -4.41. The topological polar surface area (TPSA) is 123 Å². The van der Waals surface area contributed by atoms with Gasteiger partial charge in [0.05, 0.1) is 12.2 Å². The highest BCUT2D eigenvalue weighted by Gasteiger charge is 2.36. The first-order chi connectivity index (χ1) is 15.2. The highest BCUT2D eigenvalue weighted by molar-refractivity contribution is 5.68. The van der Waals surface area contributed by atoms with Crippen LogP contribution < -0.4 is 4.90 Å². The largest absolute Gasteiger partial charge is 0.494 e. The van der Waals surface area contributed by atoms with Crippen LogP contribution in [-0.2, 0) is 0 Å². The number of nitrogens with zero attached hydrogens (tertiary/aromatic N) is 9. The SMILES string of the molecule is CCC1c2nncn2-c2cnc(-n3ccnc3-n3c(O)ccc3O)nc2N1C1=CC=C1. The van der Waals surface area contributed by atoms with Gasteiger partial charge < -0.3 is 15.1 Å². The van der Waals surface area contributed by atoms with Gasteiger partial charge in [-0.3, -0.25) is 9.13 Å². The van der Waals surface area contributed by atoms with Crippen molar-refractivity contribution in [3.63, 3.8) is 0 Å². The molecule has 0 bridgehead atoms. The molecular weight excluding hydrogens is 398 g/mol. The van der Waals surface area contributed by atoms with Crippen molar-refractivity contribution in [3.05, 3.63) is 66.8 Å². The Labute approximate surface area is 175 Å². The molecular formula is C20H17N9O2. The summed E-state index contributed by atoms with van der Waals surface area (Å²) in [6.07, 6.45) is 13.5. The molecule has 11 heteroatoms. The van der Waals surface area contributed by atoms with Crippen molar-refractivity contribution in [2.24, 2.45) is 0 Å². The van der Waals surface area contributed by atoms with Crippen molar-refractivity contribution < 1.29 is 10.2 Å². The van der Waals surface area contributed by atoms with Gasteiger partial charge in [-0.1, -0.05) is 13.0 Å². The number of rotatable bonds is 4. The molecule has 0 spiro atoms. The Kier molecular flexibility index (Phi) is 3.54. The second-order valence-electron chi connectivity index (χ2n) is 7.17. The standard InChI is InChI=1S/C20H17N9O2/c1-2-13-18-25-23-11-27(18)14-10-22-19(24-17(14)28(13)12-4-3-5-12)26-9-8-21-20(26)29-15(30)6-7-16(29)31/h3-11,13,30-31H,2H2,1H3. The van der Waals surface area contributed by atoms with Gasteiger partial charge in [-0.2, -0.15) is 4.98 Å². The fourth-order valence-electron chi connectivity index (χ4n) is 3.99. The first-order valence-corrected chi connectivity index (χ1v) is 9.76. The van der Waals surface area contributed by atoms with Crippen LogP contribution in [0.2, 0.25) is 0 Å². The third kappa shape index (κ3) is 2.37. The lowest BCUT2D eigenvalue weighted by molar-refractivity contribution is 0.397. The van der Waals surface area contributed by atoms with E-state index in [9.17, 15) is 10.2 Å². The van der Waals surface area contributed by atoms with Gasteiger partial charge in [0, 0.05) is 30.2 Å². The van der Waals surface area contributed by atoms with Crippen molar-refractivity contribution in [1.29, 1.82) is 0 Å². The summed E-state index contributed by atoms with van der Waals surface area (Å²) in [6, 6.07) is 2.74. The molecule has 0 amide bonds. The quantitative estimate of drug-likeness (QED) is 0.520. The van der Waals surface area contributed by atoms with E-state index in [1.165, 1.54) is 16.7 Å². The van der Waals surface area contributed by atoms with Crippen molar-refractivity contribution in [2.45, 2.75) is 19.4 Å². The summed E-state index contributed by atoms with van der Waals surface area (Å²) >= 11 is 0. The summed E-state index contributed by atoms with van der Waals surface area (Å²) in [6.45, 7) is 2.10. The zero-order valence-corrected chi connectivity index (χ0v) is 16.4. The first kappa shape index (κ1) is 17.4. The molecule has 4 aromatic heterocycles. The molecule has 11 nitrogen and oxygen atoms in total. The predicted molar refractivity (Wildman–Crippen MR) is 109 cm³/mol. The molecule has 0 radical (unpaired) electrons. The number of aromatic hydroxyl groups is 2. The summed E-state index contributed by atoms with van der Waals surface area (Å²) < 4.78 is 4.72. The monoisotopic (exact) mass is 415 g/mol. The summed E-state index contributed by atoms with van der Waals surface area (Å²) in [7, 11) is 0. The maximum atomic E-state index is 10.1. The minimum atomic E-state index is -0.144. The third-order valence-corrected chi connectivity index (χ3v) is 5.48. The number of aromatic nitrogens is 8. The molecule has 154 valence electrons. The van der Waals surface area contributed by atoms with Gasteiger partial charge >= 0.3 is 0 Å². The summed E-state index contributed by atoms with van der Waals surface area (Å²) in [5, 5.41) is 28.7. The average Bonchev–Trinajstić information content (AvgIpc) is 3.47. The van der Waals surface area contributed by atoms with Crippen molar-refractivity contribution in [2.75, 3.05) is 4.90 Å². The van der Waals surface area contributed by atoms with Crippen LogP contribution in [0.15, 0.2) is 61.0 Å². The summed E-state index contributed by atoms with van der Waals surface area (Å²) in [5.41, 5.74) is 1.79. The number of anilines is 1. The van der Waals surface area contributed by atoms with Gasteiger partial charge in [0.1, 0.15) is 12.0 Å². The minimum absolute atomic E-state index is 0.0336. The lowest BCUT2D eigenvalue weighted by atomic mass is 10.1. The molecule has 1 atom stereocenters. The second kappa shape index (κ2) is 6.29. The molecule has 0 fully saturated rings. The van der Waals surface area contributed by atoms with Crippen LogP contribution in [0.25, 0.3) is 17.6 Å². The summed E-state index contributed by atoms with van der Waals surface area (Å²) in [4.78, 5) is 15.8. The molecule has 2 aliphatic rings. The lowest BCUT2D eigenvalue weighted by Gasteiger charge is -2.38. The van der Waals surface area contributed by atoms with Gasteiger partial charge in [-0.15, -0.1) is 10.2 Å². The minimum Gasteiger partial charge on any atom is -0.494 e. The normalized spacial score (nSPS) is 16.6. The van der Waals surface area contributed by atoms with Crippen molar-refractivity contribution in [1.82, 2.24) is 38.9 Å². The summed E-state index contributed by atoms with van der Waals surface area (Å²) in [5.74, 6) is 1.86. The van der Waals surface area contributed by atoms with E-state index in [0.717, 1.165) is 23.6 Å². The van der Waals surface area contributed by atoms with Crippen LogP contribution in [0.3, 0.4) is 0 Å². The number of imidazole rings is 1. The van der Waals surface area contributed by atoms with Gasteiger partial charge in [0.25, 0.3) is 0 Å². The molecule has 0 saturated carbocycles. The zero-order valence-electron chi connectivity index (χ0n) is 16.4. The smallest absolute Gasteiger partial charge is 0.238 e. The number of hydrogen-bond acceptors (Lipinski definition) is 8. The zero-order chi connectivity index (χ0) is 21.1. The Morgan fingerprint density at radius 3 is 2.61 bits per heavy atom. The molecule has 4 aromatic rings. The highest BCUT2D eigenvalue weighted by atomic mass is 16.3. The van der Waals surface area contributed by atoms with E-state index < -0.39 is 0 Å². The molecule has 0 aromatic carbocycles. The van der Waals surface area contributed by atoms with Crippen LogP contribution in [-0.4, -0.2) is 49.1 Å². The number of allylic oxidation sites excluding steroid dienone is 3. The Balaban J connectivity index is 1.54. The van der Waals surface area contributed by atoms with Crippen molar-refractivity contribution in [3.8, 4) is 29.3 Å². The van der Waals surface area contributed by atoms with E-state index in [-0.39, 0.29) is 23.8 Å². The lowest BCUT2D eigenvalue weighted by Crippen LogP contribution is -2.35. The van der Waals surface area contributed by atoms with E-state index in [1.54, 1.807) is 29.5 Å². The second-order valence-corrected chi connectivity index (χ2v) is 7.17. The molecule has 1 unspecified atom stereocenters. The Morgan fingerprint density at radius 1 is 1.10 bits per heavy atom. The molecule has 31 heavy (non-hydrogen) atoms. The number of hydrogen-bond donors (Lipinski definition) is 2. The highest BCUT2D eigenvalue weighted by Crippen LogP contribution is 2.41. The van der Waals surface area contributed by atoms with Gasteiger partial charge in [0.2, 0.25) is 23.7 Å². The van der Waals surface area contributed by atoms with E-state index in [1.807, 2.05) is 22.8 Å². The van der Waals surface area contributed by atoms with E-state index in [4.69, 9.17) is 4.98 Å². The molecule has 2 N–H and O–H groups in total. The third-order valence-electron chi connectivity index (χ3n) is 5.48. The maximum absolute atomic E-state index is 10.1. The van der Waals surface area contributed by atoms with Crippen LogP contribution in [0.4, 0.5) is 5.82 Å². The fourth-order valence-corrected chi connectivity index (χ4v) is 3.99. The van der Waals surface area contributed by atoms with E-state index in [0.29, 0.717) is 11.8 Å². The average molecular weight is 415 g/mol. The van der Waals surface area contributed by atoms with Crippen molar-refractivity contribution >= 4 is 5.82 Å². The van der Waals surface area contributed by atoms with Crippen LogP contribution >= 0.6 is 0 Å². The van der Waals surface area contributed by atoms with Crippen LogP contribution in [0.1, 0.15) is 25.2 Å². The Bertz CT molecular complexity index is 1360. The molecule has 5 heterocycles. The van der Waals surface area contributed by atoms with E-state index >= 15 is 0 Å². The fraction of sp³-hybridized carbons (Fsp3) is 0.150. The Morgan fingerprint density at radius 2 is 1.90 bits per heavy atom. The van der Waals surface area contributed by atoms with Gasteiger partial charge in [-0.25, -0.2) is 14.5 Å². The van der Waals surface area contributed by atoms with Crippen LogP contribution in [0, 0.1) is 0 Å². The number of fused-ring (bicyclic) bond motifs is 3. The van der Waals surface area contributed by atoms with E-state index in [2.05, 4.69) is 32.0 Å². The molecule has 6 rings (SSSR count). The molecule has 1 aliphatic carbocycles. The molecule has 1 aliphatic heterocycles. The van der Waals surface area contributed by atoms with Gasteiger partial charge in [0.15, 0.2) is 11.6 Å². The maximum Gasteiger partial charge on any atom is 0.238 e. The van der Waals surface area contributed by atoms with Gasteiger partial charge in [-0.05, 0) is 18.6 Å².